The van der Waals surface area contributed by atoms with Gasteiger partial charge in [-0.05, 0) is 92.3 Å². The molecule has 194 valence electrons. The van der Waals surface area contributed by atoms with Gasteiger partial charge in [0.1, 0.15) is 0 Å². The van der Waals surface area contributed by atoms with Crippen molar-refractivity contribution in [2.45, 2.75) is 38.1 Å². The van der Waals surface area contributed by atoms with E-state index in [4.69, 9.17) is 23.1 Å². The van der Waals surface area contributed by atoms with E-state index >= 15 is 0 Å². The van der Waals surface area contributed by atoms with E-state index in [9.17, 15) is 9.18 Å². The zero-order valence-electron chi connectivity index (χ0n) is 20.7. The first-order valence-corrected chi connectivity index (χ1v) is 13.2. The minimum atomic E-state index is -0.583. The van der Waals surface area contributed by atoms with E-state index in [0.717, 1.165) is 70.2 Å². The number of nitrogen functional groups attached to an aromatic ring is 1. The van der Waals surface area contributed by atoms with Gasteiger partial charge < -0.3 is 26.6 Å². The first kappa shape index (κ1) is 25.0. The minimum Gasteiger partial charge on any atom is -0.399 e. The lowest BCUT2D eigenvalue weighted by atomic mass is 9.76. The van der Waals surface area contributed by atoms with Crippen molar-refractivity contribution in [3.05, 3.63) is 41.1 Å². The molecule has 3 aliphatic rings. The third-order valence-corrected chi connectivity index (χ3v) is 8.64. The number of carbonyl (C=O) groups excluding carboxylic acids is 1. The van der Waals surface area contributed by atoms with Crippen molar-refractivity contribution in [2.75, 3.05) is 49.2 Å². The van der Waals surface area contributed by atoms with Gasteiger partial charge in [0.25, 0.3) is 0 Å². The highest BCUT2D eigenvalue weighted by Gasteiger charge is 2.54. The number of carbonyl (C=O) groups is 1. The molecule has 1 saturated heterocycles. The highest BCUT2D eigenvalue weighted by atomic mass is 35.5. The second-order valence-corrected chi connectivity index (χ2v) is 11.0. The van der Waals surface area contributed by atoms with Gasteiger partial charge in [-0.15, -0.1) is 0 Å². The van der Waals surface area contributed by atoms with Gasteiger partial charge in [0, 0.05) is 43.6 Å². The van der Waals surface area contributed by atoms with Crippen LogP contribution in [0.15, 0.2) is 24.4 Å². The number of rotatable bonds is 8. The molecule has 0 spiro atoms. The molecule has 2 heterocycles. The van der Waals surface area contributed by atoms with Crippen LogP contribution in [0.25, 0.3) is 0 Å². The molecule has 5 atom stereocenters. The molecule has 0 radical (unpaired) electrons. The Morgan fingerprint density at radius 3 is 2.78 bits per heavy atom. The number of hydrogen-bond donors (Lipinski definition) is 3. The Balaban J connectivity index is 1.25. The predicted molar refractivity (Wildman–Crippen MR) is 140 cm³/mol. The van der Waals surface area contributed by atoms with Gasteiger partial charge in [0.2, 0.25) is 11.2 Å². The van der Waals surface area contributed by atoms with Crippen LogP contribution in [0.2, 0.25) is 5.28 Å². The van der Waals surface area contributed by atoms with Gasteiger partial charge in [-0.3, -0.25) is 4.79 Å². The lowest BCUT2D eigenvalue weighted by Crippen LogP contribution is -2.45. The van der Waals surface area contributed by atoms with E-state index in [1.807, 2.05) is 6.07 Å². The van der Waals surface area contributed by atoms with Crippen LogP contribution in [-0.2, 0) is 11.2 Å². The van der Waals surface area contributed by atoms with Gasteiger partial charge in [-0.2, -0.15) is 4.98 Å². The Bertz CT molecular complexity index is 1110. The lowest BCUT2D eigenvalue weighted by molar-refractivity contribution is -0.123. The maximum absolute atomic E-state index is 14.3. The van der Waals surface area contributed by atoms with Gasteiger partial charge in [0.05, 0.1) is 12.1 Å². The number of nitrogens with two attached hydrogens (primary N) is 2. The van der Waals surface area contributed by atoms with Crippen LogP contribution >= 0.6 is 11.6 Å². The fraction of sp³-hybridized carbons (Fsp3) is 0.577. The molecule has 5 rings (SSSR count). The molecule has 1 aromatic carbocycles. The Labute approximate surface area is 216 Å². The number of benzene rings is 1. The van der Waals surface area contributed by atoms with E-state index in [1.54, 1.807) is 0 Å². The smallest absolute Gasteiger partial charge is 0.224 e. The van der Waals surface area contributed by atoms with Crippen LogP contribution in [0.4, 0.5) is 21.6 Å². The number of anilines is 3. The Kier molecular flexibility index (Phi) is 7.21. The van der Waals surface area contributed by atoms with Crippen molar-refractivity contribution in [3.63, 3.8) is 0 Å². The SMILES string of the molecule is CN1CCN(c2ccc(N)cc2CCC[C@@H]2C[C@@H]3C[C@H]2[C@@H](Nc2nc(Cl)ncc2F)[C@H]3C(N)=O)CC1. The van der Waals surface area contributed by atoms with Crippen molar-refractivity contribution in [1.82, 2.24) is 14.9 Å². The number of amides is 1. The number of aryl methyl sites for hydroxylation is 1. The number of primary amides is 1. The van der Waals surface area contributed by atoms with Crippen molar-refractivity contribution in [1.29, 1.82) is 0 Å². The molecule has 5 N–H and O–H groups in total. The first-order valence-electron chi connectivity index (χ1n) is 12.9. The van der Waals surface area contributed by atoms with Crippen LogP contribution < -0.4 is 21.7 Å². The summed E-state index contributed by atoms with van der Waals surface area (Å²) in [6.07, 6.45) is 5.96. The van der Waals surface area contributed by atoms with Gasteiger partial charge in [-0.25, -0.2) is 9.37 Å². The number of hydrogen-bond acceptors (Lipinski definition) is 7. The molecule has 2 aliphatic carbocycles. The van der Waals surface area contributed by atoms with Crippen molar-refractivity contribution < 1.29 is 9.18 Å². The summed E-state index contributed by atoms with van der Waals surface area (Å²) in [5.74, 6) is -0.333. The fourth-order valence-electron chi connectivity index (χ4n) is 6.75. The number of piperazine rings is 1. The quantitative estimate of drug-likeness (QED) is 0.365. The third kappa shape index (κ3) is 5.09. The van der Waals surface area contributed by atoms with E-state index in [2.05, 4.69) is 44.3 Å². The maximum Gasteiger partial charge on any atom is 0.224 e. The third-order valence-electron chi connectivity index (χ3n) is 8.46. The highest BCUT2D eigenvalue weighted by molar-refractivity contribution is 6.28. The summed E-state index contributed by atoms with van der Waals surface area (Å²) < 4.78 is 14.3. The second kappa shape index (κ2) is 10.4. The summed E-state index contributed by atoms with van der Waals surface area (Å²) in [6.45, 7) is 4.15. The van der Waals surface area contributed by atoms with Gasteiger partial charge in [0.15, 0.2) is 11.6 Å². The molecule has 8 nitrogen and oxygen atoms in total. The molecule has 1 aliphatic heterocycles. The number of aromatic nitrogens is 2. The van der Waals surface area contributed by atoms with E-state index < -0.39 is 5.82 Å². The van der Waals surface area contributed by atoms with Crippen LogP contribution in [0.5, 0.6) is 0 Å². The van der Waals surface area contributed by atoms with Crippen LogP contribution in [0, 0.1) is 29.5 Å². The summed E-state index contributed by atoms with van der Waals surface area (Å²) in [6, 6.07) is 6.02. The largest absolute Gasteiger partial charge is 0.399 e. The van der Waals surface area contributed by atoms with Crippen molar-refractivity contribution in [2.24, 2.45) is 29.4 Å². The molecule has 10 heteroatoms. The minimum absolute atomic E-state index is 0.0347. The topological polar surface area (TPSA) is 113 Å². The zero-order chi connectivity index (χ0) is 25.4. The maximum atomic E-state index is 14.3. The van der Waals surface area contributed by atoms with Gasteiger partial charge >= 0.3 is 0 Å². The van der Waals surface area contributed by atoms with Crippen LogP contribution in [0.1, 0.15) is 31.2 Å². The monoisotopic (exact) mass is 515 g/mol. The molecule has 2 saturated carbocycles. The summed E-state index contributed by atoms with van der Waals surface area (Å²) in [5.41, 5.74) is 15.3. The summed E-state index contributed by atoms with van der Waals surface area (Å²) >= 11 is 5.89. The van der Waals surface area contributed by atoms with Gasteiger partial charge in [-0.1, -0.05) is 0 Å². The average Bonchev–Trinajstić information content (AvgIpc) is 3.40. The number of fused-ring (bicyclic) bond motifs is 2. The Morgan fingerprint density at radius 1 is 1.25 bits per heavy atom. The molecular formula is C26H35ClFN7O. The zero-order valence-corrected chi connectivity index (χ0v) is 21.4. The normalized spacial score (nSPS) is 28.0. The molecule has 1 amide bonds. The summed E-state index contributed by atoms with van der Waals surface area (Å²) in [5, 5.41) is 3.14. The fourth-order valence-corrected chi connectivity index (χ4v) is 6.89. The molecule has 2 aromatic rings. The Morgan fingerprint density at radius 2 is 2.03 bits per heavy atom. The second-order valence-electron chi connectivity index (χ2n) is 10.7. The molecule has 3 fully saturated rings. The van der Waals surface area contributed by atoms with E-state index in [0.29, 0.717) is 5.92 Å². The van der Waals surface area contributed by atoms with Crippen molar-refractivity contribution >= 4 is 34.7 Å². The summed E-state index contributed by atoms with van der Waals surface area (Å²) in [4.78, 5) is 24.8. The summed E-state index contributed by atoms with van der Waals surface area (Å²) in [7, 11) is 2.16. The number of nitrogens with one attached hydrogen (secondary N) is 1. The molecule has 2 bridgehead atoms. The van der Waals surface area contributed by atoms with E-state index in [-0.39, 0.29) is 40.8 Å². The van der Waals surface area contributed by atoms with E-state index in [1.165, 1.54) is 11.3 Å². The predicted octanol–water partition coefficient (Wildman–Crippen LogP) is 3.16. The number of nitrogens with zero attached hydrogens (tertiary/aromatic N) is 4. The highest BCUT2D eigenvalue weighted by Crippen LogP contribution is 2.54. The number of likely N-dealkylation sites (N-methyl/N-ethyl adjacent to an activating group) is 1. The molecule has 36 heavy (non-hydrogen) atoms. The number of halogens is 2. The lowest BCUT2D eigenvalue weighted by Gasteiger charge is -2.36. The Hall–Kier alpha value is -2.65. The first-order chi connectivity index (χ1) is 17.3. The molecule has 1 aromatic heterocycles. The van der Waals surface area contributed by atoms with Crippen LogP contribution in [-0.4, -0.2) is 60.0 Å². The standard InChI is InChI=1S/C26H35ClFN7O/c1-34-7-9-35(10-8-34)21-6-5-18(29)12-16(21)4-2-3-15-11-17-13-19(15)23(22(17)24(30)36)32-25-20(28)14-31-26(27)33-25/h5-6,12,14-15,17,19,22-23H,2-4,7-11,13,29H2,1H3,(H2,30,36)(H,31,32,33)/t15-,17-,19-,22+,23-/m1/s1. The molecule has 0 unspecified atom stereocenters. The van der Waals surface area contributed by atoms with Crippen LogP contribution in [0.3, 0.4) is 0 Å². The van der Waals surface area contributed by atoms with Crippen molar-refractivity contribution in [3.8, 4) is 0 Å². The molecular weight excluding hydrogens is 481 g/mol. The average molecular weight is 516 g/mol.